The molecule has 1 N–H and O–H groups in total. The lowest BCUT2D eigenvalue weighted by Gasteiger charge is -2.26. The molecular formula is C26H22ClN3O2S2. The van der Waals surface area contributed by atoms with Gasteiger partial charge in [0, 0.05) is 16.8 Å². The summed E-state index contributed by atoms with van der Waals surface area (Å²) >= 11 is 13.8. The Balaban J connectivity index is 1.53. The van der Waals surface area contributed by atoms with Crippen molar-refractivity contribution >= 4 is 46.4 Å². The molecule has 0 spiro atoms. The minimum Gasteiger partial charge on any atom is -0.495 e. The van der Waals surface area contributed by atoms with Gasteiger partial charge in [0.1, 0.15) is 17.6 Å². The summed E-state index contributed by atoms with van der Waals surface area (Å²) in [6.07, 6.45) is 1.78. The van der Waals surface area contributed by atoms with Gasteiger partial charge in [-0.1, -0.05) is 47.1 Å². The average Bonchev–Trinajstić information content (AvgIpc) is 3.45. The molecule has 0 saturated carbocycles. The molecule has 1 aliphatic heterocycles. The van der Waals surface area contributed by atoms with Gasteiger partial charge >= 0.3 is 0 Å². The molecule has 4 aromatic rings. The molecule has 5 nitrogen and oxygen atoms in total. The van der Waals surface area contributed by atoms with Crippen LogP contribution < -0.4 is 15.0 Å². The third kappa shape index (κ3) is 4.51. The lowest BCUT2D eigenvalue weighted by atomic mass is 10.0. The van der Waals surface area contributed by atoms with Crippen molar-refractivity contribution in [3.05, 3.63) is 101 Å². The molecule has 2 aromatic heterocycles. The second-order valence-corrected chi connectivity index (χ2v) is 9.76. The molecule has 8 heteroatoms. The predicted molar refractivity (Wildman–Crippen MR) is 140 cm³/mol. The van der Waals surface area contributed by atoms with Gasteiger partial charge in [-0.05, 0) is 73.7 Å². The van der Waals surface area contributed by atoms with Gasteiger partial charge in [-0.2, -0.15) is 0 Å². The van der Waals surface area contributed by atoms with E-state index in [0.717, 1.165) is 27.1 Å². The number of pyridine rings is 1. The fourth-order valence-corrected chi connectivity index (χ4v) is 5.37. The van der Waals surface area contributed by atoms with Crippen LogP contribution >= 0.6 is 35.6 Å². The lowest BCUT2D eigenvalue weighted by molar-refractivity contribution is 0.383. The number of benzene rings is 2. The smallest absolute Gasteiger partial charge is 0.174 e. The summed E-state index contributed by atoms with van der Waals surface area (Å²) < 4.78 is 11.7. The molecule has 2 aromatic carbocycles. The topological polar surface area (TPSA) is 50.5 Å². The van der Waals surface area contributed by atoms with Crippen LogP contribution in [0.25, 0.3) is 0 Å². The molecule has 0 radical (unpaired) electrons. The number of nitrogens with zero attached hydrogens (tertiary/aromatic N) is 2. The first-order valence-corrected chi connectivity index (χ1v) is 12.3. The van der Waals surface area contributed by atoms with Crippen molar-refractivity contribution in [1.82, 2.24) is 10.3 Å². The van der Waals surface area contributed by atoms with Gasteiger partial charge in [0.05, 0.1) is 23.9 Å². The Bertz CT molecular complexity index is 1310. The van der Waals surface area contributed by atoms with Crippen molar-refractivity contribution in [2.24, 2.45) is 0 Å². The minimum absolute atomic E-state index is 0.196. The molecule has 5 rings (SSSR count). The molecule has 172 valence electrons. The van der Waals surface area contributed by atoms with Crippen molar-refractivity contribution in [2.75, 3.05) is 12.0 Å². The molecule has 0 aliphatic carbocycles. The van der Waals surface area contributed by atoms with Gasteiger partial charge in [0.2, 0.25) is 0 Å². The van der Waals surface area contributed by atoms with E-state index in [1.54, 1.807) is 25.1 Å². The third-order valence-electron chi connectivity index (χ3n) is 5.64. The summed E-state index contributed by atoms with van der Waals surface area (Å²) in [6.45, 7) is 2.08. The monoisotopic (exact) mass is 507 g/mol. The summed E-state index contributed by atoms with van der Waals surface area (Å²) in [5, 5.41) is 5.33. The lowest BCUT2D eigenvalue weighted by Crippen LogP contribution is -2.29. The maximum absolute atomic E-state index is 6.45. The zero-order chi connectivity index (χ0) is 23.7. The number of methoxy groups -OCH3 is 1. The molecular weight excluding hydrogens is 486 g/mol. The number of anilines is 1. The van der Waals surface area contributed by atoms with E-state index in [1.807, 2.05) is 53.4 Å². The Labute approximate surface area is 213 Å². The molecule has 3 heterocycles. The van der Waals surface area contributed by atoms with Gasteiger partial charge in [-0.3, -0.25) is 4.98 Å². The van der Waals surface area contributed by atoms with Gasteiger partial charge in [-0.15, -0.1) is 0 Å². The highest BCUT2D eigenvalue weighted by molar-refractivity contribution is 7.99. The Kier molecular flexibility index (Phi) is 6.50. The fourth-order valence-electron chi connectivity index (χ4n) is 4.00. The zero-order valence-corrected chi connectivity index (χ0v) is 21.0. The van der Waals surface area contributed by atoms with Crippen LogP contribution in [0.15, 0.2) is 93.4 Å². The van der Waals surface area contributed by atoms with Crippen LogP contribution in [0.5, 0.6) is 5.75 Å². The summed E-state index contributed by atoms with van der Waals surface area (Å²) in [6, 6.07) is 23.4. The normalized spacial score (nSPS) is 17.6. The van der Waals surface area contributed by atoms with Crippen molar-refractivity contribution in [3.63, 3.8) is 0 Å². The second kappa shape index (κ2) is 9.70. The van der Waals surface area contributed by atoms with Crippen LogP contribution in [0.3, 0.4) is 0 Å². The summed E-state index contributed by atoms with van der Waals surface area (Å²) in [5.41, 5.74) is 2.94. The van der Waals surface area contributed by atoms with Gasteiger partial charge < -0.3 is 19.4 Å². The molecule has 0 bridgehead atoms. The summed E-state index contributed by atoms with van der Waals surface area (Å²) in [7, 11) is 1.60. The average molecular weight is 508 g/mol. The van der Waals surface area contributed by atoms with E-state index in [0.29, 0.717) is 15.9 Å². The number of hydrogen-bond donors (Lipinski definition) is 1. The van der Waals surface area contributed by atoms with Crippen LogP contribution in [0, 0.1) is 6.92 Å². The number of furan rings is 1. The maximum Gasteiger partial charge on any atom is 0.174 e. The van der Waals surface area contributed by atoms with E-state index >= 15 is 0 Å². The quantitative estimate of drug-likeness (QED) is 0.283. The molecule has 0 unspecified atom stereocenters. The first-order chi connectivity index (χ1) is 16.5. The molecule has 0 amide bonds. The van der Waals surface area contributed by atoms with Crippen LogP contribution in [0.1, 0.15) is 29.1 Å². The van der Waals surface area contributed by atoms with E-state index in [2.05, 4.69) is 41.5 Å². The molecule has 2 atom stereocenters. The Morgan fingerprint density at radius 2 is 1.91 bits per heavy atom. The van der Waals surface area contributed by atoms with Gasteiger partial charge in [0.15, 0.2) is 10.2 Å². The first kappa shape index (κ1) is 22.8. The standard InChI is InChI=1S/C26H22ClN3O2S2/c1-16-6-9-18(10-7-16)34-23-13-12-22(32-23)25-24(20-5-3-4-14-28-20)29-26(33)30(25)17-8-11-21(31-2)19(27)15-17/h3-15,24-25H,1-2H3,(H,29,33)/t24-,25-/m1/s1. The molecule has 1 saturated heterocycles. The largest absolute Gasteiger partial charge is 0.495 e. The van der Waals surface area contributed by atoms with E-state index in [4.69, 9.17) is 33.0 Å². The SMILES string of the molecule is COc1ccc(N2C(=S)N[C@H](c3ccccn3)[C@H]2c2ccc(Sc3ccc(C)cc3)o2)cc1Cl. The van der Waals surface area contributed by atoms with Gasteiger partial charge in [-0.25, -0.2) is 0 Å². The van der Waals surface area contributed by atoms with Crippen LogP contribution in [-0.2, 0) is 0 Å². The fraction of sp³-hybridized carbons (Fsp3) is 0.154. The Morgan fingerprint density at radius 3 is 2.62 bits per heavy atom. The molecule has 1 aliphatic rings. The minimum atomic E-state index is -0.251. The number of aromatic nitrogens is 1. The number of nitrogens with one attached hydrogen (secondary N) is 1. The van der Waals surface area contributed by atoms with E-state index in [9.17, 15) is 0 Å². The van der Waals surface area contributed by atoms with Crippen molar-refractivity contribution < 1.29 is 9.15 Å². The first-order valence-electron chi connectivity index (χ1n) is 10.7. The van der Waals surface area contributed by atoms with Crippen LogP contribution in [0.4, 0.5) is 5.69 Å². The van der Waals surface area contributed by atoms with E-state index in [1.165, 1.54) is 5.56 Å². The molecule has 1 fully saturated rings. The number of hydrogen-bond acceptors (Lipinski definition) is 5. The second-order valence-electron chi connectivity index (χ2n) is 7.89. The van der Waals surface area contributed by atoms with Crippen LogP contribution in [-0.4, -0.2) is 17.2 Å². The number of ether oxygens (including phenoxy) is 1. The number of rotatable bonds is 6. The Morgan fingerprint density at radius 1 is 1.09 bits per heavy atom. The number of thiocarbonyl (C=S) groups is 1. The zero-order valence-electron chi connectivity index (χ0n) is 18.6. The predicted octanol–water partition coefficient (Wildman–Crippen LogP) is 6.97. The maximum atomic E-state index is 6.45. The van der Waals surface area contributed by atoms with Crippen molar-refractivity contribution in [1.29, 1.82) is 0 Å². The number of aryl methyl sites for hydroxylation is 1. The Hall–Kier alpha value is -3.00. The van der Waals surface area contributed by atoms with Gasteiger partial charge in [0.25, 0.3) is 0 Å². The third-order valence-corrected chi connectivity index (χ3v) is 7.18. The highest BCUT2D eigenvalue weighted by Gasteiger charge is 2.42. The summed E-state index contributed by atoms with van der Waals surface area (Å²) in [4.78, 5) is 7.73. The van der Waals surface area contributed by atoms with E-state index < -0.39 is 0 Å². The number of halogens is 1. The highest BCUT2D eigenvalue weighted by atomic mass is 35.5. The van der Waals surface area contributed by atoms with Crippen molar-refractivity contribution in [2.45, 2.75) is 29.0 Å². The van der Waals surface area contributed by atoms with Crippen molar-refractivity contribution in [3.8, 4) is 5.75 Å². The van der Waals surface area contributed by atoms with Crippen LogP contribution in [0.2, 0.25) is 5.02 Å². The van der Waals surface area contributed by atoms with E-state index in [-0.39, 0.29) is 12.1 Å². The highest BCUT2D eigenvalue weighted by Crippen LogP contribution is 2.44. The molecule has 34 heavy (non-hydrogen) atoms. The summed E-state index contributed by atoms with van der Waals surface area (Å²) in [5.74, 6) is 1.39.